The van der Waals surface area contributed by atoms with Crippen molar-refractivity contribution in [3.05, 3.63) is 24.3 Å². The first-order valence-electron chi connectivity index (χ1n) is 9.85. The van der Waals surface area contributed by atoms with E-state index in [2.05, 4.69) is 0 Å². The molecule has 2 aliphatic rings. The summed E-state index contributed by atoms with van der Waals surface area (Å²) in [4.78, 5) is 26.1. The summed E-state index contributed by atoms with van der Waals surface area (Å²) in [6.07, 6.45) is 0.194. The average molecular weight is 458 g/mol. The minimum atomic E-state index is -4.10. The highest BCUT2D eigenvalue weighted by Gasteiger charge is 2.52. The van der Waals surface area contributed by atoms with Crippen molar-refractivity contribution in [3.8, 4) is 5.75 Å². The molecule has 0 radical (unpaired) electrons. The number of methoxy groups -OCH3 is 2. The van der Waals surface area contributed by atoms with Crippen molar-refractivity contribution in [2.24, 2.45) is 5.92 Å². The van der Waals surface area contributed by atoms with E-state index in [-0.39, 0.29) is 37.0 Å². The first kappa shape index (κ1) is 23.3. The van der Waals surface area contributed by atoms with Crippen LogP contribution >= 0.6 is 0 Å². The van der Waals surface area contributed by atoms with Crippen molar-refractivity contribution in [1.82, 2.24) is 14.7 Å². The van der Waals surface area contributed by atoms with Crippen molar-refractivity contribution in [1.29, 1.82) is 0 Å². The van der Waals surface area contributed by atoms with E-state index in [1.165, 1.54) is 43.4 Å². The van der Waals surface area contributed by atoms with Gasteiger partial charge in [-0.3, -0.25) is 10.0 Å². The number of carbonyl (C=O) groups excluding carboxylic acids is 2. The summed E-state index contributed by atoms with van der Waals surface area (Å²) >= 11 is 0. The summed E-state index contributed by atoms with van der Waals surface area (Å²) in [7, 11) is -1.14. The zero-order chi connectivity index (χ0) is 22.6. The number of amides is 2. The quantitative estimate of drug-likeness (QED) is 0.342. The molecule has 0 aromatic heterocycles. The molecule has 2 fully saturated rings. The number of hydrogen-bond acceptors (Lipinski definition) is 8. The van der Waals surface area contributed by atoms with Gasteiger partial charge in [-0.25, -0.2) is 18.7 Å². The molecule has 1 aromatic rings. The number of likely N-dealkylation sites (tertiary alicyclic amines) is 1. The molecule has 2 saturated heterocycles. The van der Waals surface area contributed by atoms with Crippen LogP contribution in [0.4, 0.5) is 4.79 Å². The Balaban J connectivity index is 1.88. The summed E-state index contributed by atoms with van der Waals surface area (Å²) in [5.41, 5.74) is 1.57. The SMILES string of the molecule is COCCOC(=O)N1CC[C@H]2C[C@@H](C(=O)NO)N(S(=O)(=O)c3ccc(OC)cc3)[C@H]2C1. The molecule has 0 unspecified atom stereocenters. The summed E-state index contributed by atoms with van der Waals surface area (Å²) in [5.74, 6) is -0.454. The number of hydrogen-bond donors (Lipinski definition) is 2. The highest BCUT2D eigenvalue weighted by Crippen LogP contribution is 2.40. The van der Waals surface area contributed by atoms with E-state index >= 15 is 0 Å². The van der Waals surface area contributed by atoms with Crippen LogP contribution < -0.4 is 10.2 Å². The second-order valence-corrected chi connectivity index (χ2v) is 9.25. The summed E-state index contributed by atoms with van der Waals surface area (Å²) in [6.45, 7) is 0.809. The molecular weight excluding hydrogens is 430 g/mol. The van der Waals surface area contributed by atoms with Crippen molar-refractivity contribution < 1.29 is 37.4 Å². The summed E-state index contributed by atoms with van der Waals surface area (Å²) < 4.78 is 43.2. The Kier molecular flexibility index (Phi) is 7.36. The summed E-state index contributed by atoms with van der Waals surface area (Å²) in [6, 6.07) is 4.11. The van der Waals surface area contributed by atoms with Gasteiger partial charge < -0.3 is 19.1 Å². The van der Waals surface area contributed by atoms with Crippen LogP contribution in [-0.2, 0) is 24.3 Å². The number of nitrogens with one attached hydrogen (secondary N) is 1. The Hall–Kier alpha value is -2.41. The topological polar surface area (TPSA) is 135 Å². The molecule has 0 spiro atoms. The van der Waals surface area contributed by atoms with Crippen molar-refractivity contribution in [2.75, 3.05) is 40.5 Å². The van der Waals surface area contributed by atoms with E-state index in [0.717, 1.165) is 4.31 Å². The molecule has 2 amide bonds. The predicted molar refractivity (Wildman–Crippen MR) is 107 cm³/mol. The van der Waals surface area contributed by atoms with E-state index in [9.17, 15) is 23.2 Å². The lowest BCUT2D eigenvalue weighted by molar-refractivity contribution is -0.132. The van der Waals surface area contributed by atoms with Gasteiger partial charge in [-0.15, -0.1) is 0 Å². The van der Waals surface area contributed by atoms with Gasteiger partial charge in [-0.05, 0) is 43.0 Å². The van der Waals surface area contributed by atoms with Crippen LogP contribution in [-0.4, -0.2) is 87.4 Å². The third kappa shape index (κ3) is 4.76. The second-order valence-electron chi connectivity index (χ2n) is 7.41. The number of fused-ring (bicyclic) bond motifs is 1. The molecule has 172 valence electrons. The van der Waals surface area contributed by atoms with Crippen LogP contribution in [0.3, 0.4) is 0 Å². The number of sulfonamides is 1. The number of nitrogens with zero attached hydrogens (tertiary/aromatic N) is 2. The molecule has 0 bridgehead atoms. The standard InChI is InChI=1S/C19H27N3O8S/c1-28-9-10-30-19(24)21-8-7-13-11-16(18(23)20-25)22(17(13)12-21)31(26,27)15-5-3-14(29-2)4-6-15/h3-6,13,16-17,25H,7-12H2,1-2H3,(H,20,23)/t13-,16-,17-/m0/s1. The fourth-order valence-corrected chi connectivity index (χ4v) is 5.98. The first-order valence-corrected chi connectivity index (χ1v) is 11.3. The lowest BCUT2D eigenvalue weighted by Crippen LogP contribution is -2.54. The predicted octanol–water partition coefficient (Wildman–Crippen LogP) is 0.437. The van der Waals surface area contributed by atoms with Gasteiger partial charge in [-0.1, -0.05) is 0 Å². The minimum Gasteiger partial charge on any atom is -0.497 e. The average Bonchev–Trinajstić information content (AvgIpc) is 3.18. The van der Waals surface area contributed by atoms with Gasteiger partial charge in [0.1, 0.15) is 18.4 Å². The fourth-order valence-electron chi connectivity index (χ4n) is 4.15. The Morgan fingerprint density at radius 1 is 1.19 bits per heavy atom. The lowest BCUT2D eigenvalue weighted by atomic mass is 9.91. The van der Waals surface area contributed by atoms with Crippen molar-refractivity contribution >= 4 is 22.0 Å². The number of piperidine rings is 1. The molecule has 2 heterocycles. The molecule has 3 atom stereocenters. The van der Waals surface area contributed by atoms with E-state index in [0.29, 0.717) is 18.7 Å². The fraction of sp³-hybridized carbons (Fsp3) is 0.579. The number of ether oxygens (including phenoxy) is 3. The maximum absolute atomic E-state index is 13.5. The van der Waals surface area contributed by atoms with Gasteiger partial charge in [0.25, 0.3) is 5.91 Å². The lowest BCUT2D eigenvalue weighted by Gasteiger charge is -2.37. The molecule has 12 heteroatoms. The van der Waals surface area contributed by atoms with E-state index in [1.54, 1.807) is 5.48 Å². The Morgan fingerprint density at radius 2 is 1.90 bits per heavy atom. The number of rotatable bonds is 7. The Morgan fingerprint density at radius 3 is 2.52 bits per heavy atom. The summed E-state index contributed by atoms with van der Waals surface area (Å²) in [5, 5.41) is 9.18. The molecule has 11 nitrogen and oxygen atoms in total. The van der Waals surface area contributed by atoms with Crippen LogP contribution in [0, 0.1) is 5.92 Å². The van der Waals surface area contributed by atoms with Gasteiger partial charge in [0.15, 0.2) is 0 Å². The molecular formula is C19H27N3O8S. The van der Waals surface area contributed by atoms with E-state index in [4.69, 9.17) is 14.2 Å². The molecule has 31 heavy (non-hydrogen) atoms. The van der Waals surface area contributed by atoms with Crippen LogP contribution in [0.1, 0.15) is 12.8 Å². The van der Waals surface area contributed by atoms with Crippen LogP contribution in [0.15, 0.2) is 29.2 Å². The maximum Gasteiger partial charge on any atom is 0.409 e. The van der Waals surface area contributed by atoms with Crippen LogP contribution in [0.5, 0.6) is 5.75 Å². The van der Waals surface area contributed by atoms with Crippen molar-refractivity contribution in [3.63, 3.8) is 0 Å². The number of carbonyl (C=O) groups is 2. The third-order valence-electron chi connectivity index (χ3n) is 5.70. The highest BCUT2D eigenvalue weighted by molar-refractivity contribution is 7.89. The molecule has 0 saturated carbocycles. The Bertz CT molecular complexity index is 892. The first-order chi connectivity index (χ1) is 14.8. The Labute approximate surface area is 180 Å². The molecule has 3 rings (SSSR count). The van der Waals surface area contributed by atoms with Gasteiger partial charge in [0.05, 0.1) is 18.6 Å². The van der Waals surface area contributed by atoms with Gasteiger partial charge in [0.2, 0.25) is 10.0 Å². The maximum atomic E-state index is 13.5. The molecule has 0 aliphatic carbocycles. The minimum absolute atomic E-state index is 0.00974. The monoisotopic (exact) mass is 457 g/mol. The van der Waals surface area contributed by atoms with Crippen molar-refractivity contribution in [2.45, 2.75) is 29.8 Å². The van der Waals surface area contributed by atoms with Gasteiger partial charge in [0, 0.05) is 26.2 Å². The van der Waals surface area contributed by atoms with Crippen LogP contribution in [0.2, 0.25) is 0 Å². The number of hydroxylamine groups is 1. The normalized spacial score (nSPS) is 23.8. The molecule has 1 aromatic carbocycles. The largest absolute Gasteiger partial charge is 0.497 e. The smallest absolute Gasteiger partial charge is 0.409 e. The van der Waals surface area contributed by atoms with E-state index < -0.39 is 34.1 Å². The number of benzene rings is 1. The zero-order valence-electron chi connectivity index (χ0n) is 17.4. The van der Waals surface area contributed by atoms with Gasteiger partial charge in [-0.2, -0.15) is 4.31 Å². The van der Waals surface area contributed by atoms with Gasteiger partial charge >= 0.3 is 6.09 Å². The third-order valence-corrected chi connectivity index (χ3v) is 7.65. The highest BCUT2D eigenvalue weighted by atomic mass is 32.2. The zero-order valence-corrected chi connectivity index (χ0v) is 18.2. The van der Waals surface area contributed by atoms with Crippen LogP contribution in [0.25, 0.3) is 0 Å². The molecule has 2 N–H and O–H groups in total. The molecule has 2 aliphatic heterocycles. The van der Waals surface area contributed by atoms with E-state index in [1.807, 2.05) is 0 Å². The second kappa shape index (κ2) is 9.81.